The smallest absolute Gasteiger partial charge is 0.336 e. The molecule has 3 rings (SSSR count). The number of thiol groups is 1. The van der Waals surface area contributed by atoms with Crippen LogP contribution in [0.15, 0.2) is 42.5 Å². The van der Waals surface area contributed by atoms with E-state index < -0.39 is 6.03 Å². The number of rotatable bonds is 4. The Morgan fingerprint density at radius 2 is 1.67 bits per heavy atom. The van der Waals surface area contributed by atoms with Crippen LogP contribution in [0, 0.1) is 0 Å². The maximum Gasteiger partial charge on any atom is 0.336 e. The molecule has 6 nitrogen and oxygen atoms in total. The number of hydrogen-bond donors (Lipinski definition) is 3. The van der Waals surface area contributed by atoms with E-state index in [1.807, 2.05) is 12.1 Å². The standard InChI is InChI=1S/C19H21ClN4O2S/c1-13(25)21-14-4-7-16(8-5-14)24(27)19(26)22-15-6-9-18(17(20)12-15)23-10-2-3-11-23/h4-9,12,27H,2-3,10-11H2,1H3,(H,21,25)(H,22,26). The van der Waals surface area contributed by atoms with Crippen LogP contribution in [0.1, 0.15) is 19.8 Å². The second-order valence-corrected chi connectivity index (χ2v) is 7.14. The van der Waals surface area contributed by atoms with Crippen molar-refractivity contribution in [2.45, 2.75) is 19.8 Å². The third-order valence-electron chi connectivity index (χ3n) is 4.27. The molecule has 0 atom stereocenters. The highest BCUT2D eigenvalue weighted by Crippen LogP contribution is 2.31. The molecule has 0 aliphatic carbocycles. The van der Waals surface area contributed by atoms with Crippen molar-refractivity contribution in [3.63, 3.8) is 0 Å². The first kappa shape index (κ1) is 19.4. The molecule has 0 aromatic heterocycles. The van der Waals surface area contributed by atoms with Crippen molar-refractivity contribution in [1.82, 2.24) is 0 Å². The van der Waals surface area contributed by atoms with Gasteiger partial charge in [-0.15, -0.1) is 0 Å². The van der Waals surface area contributed by atoms with Crippen molar-refractivity contribution in [2.24, 2.45) is 0 Å². The Bertz CT molecular complexity index is 838. The van der Waals surface area contributed by atoms with Gasteiger partial charge in [0, 0.05) is 31.4 Å². The zero-order valence-electron chi connectivity index (χ0n) is 14.9. The summed E-state index contributed by atoms with van der Waals surface area (Å²) in [5, 5.41) is 6.07. The van der Waals surface area contributed by atoms with Gasteiger partial charge in [-0.3, -0.25) is 4.79 Å². The monoisotopic (exact) mass is 404 g/mol. The number of hydrogen-bond acceptors (Lipinski definition) is 4. The first-order chi connectivity index (χ1) is 12.9. The summed E-state index contributed by atoms with van der Waals surface area (Å²) >= 11 is 10.6. The lowest BCUT2D eigenvalue weighted by atomic mass is 10.2. The molecule has 2 aromatic carbocycles. The normalized spacial score (nSPS) is 13.4. The number of nitrogens with one attached hydrogen (secondary N) is 2. The molecule has 1 aliphatic heterocycles. The third-order valence-corrected chi connectivity index (χ3v) is 4.99. The van der Waals surface area contributed by atoms with Crippen LogP contribution in [0.3, 0.4) is 0 Å². The molecular formula is C19H21ClN4O2S. The Morgan fingerprint density at radius 1 is 1.04 bits per heavy atom. The van der Waals surface area contributed by atoms with Crippen LogP contribution >= 0.6 is 24.4 Å². The quantitative estimate of drug-likeness (QED) is 0.642. The molecule has 142 valence electrons. The summed E-state index contributed by atoms with van der Waals surface area (Å²) in [4.78, 5) is 25.8. The number of nitrogens with zero attached hydrogens (tertiary/aromatic N) is 2. The maximum atomic E-state index is 12.4. The minimum atomic E-state index is -0.407. The summed E-state index contributed by atoms with van der Waals surface area (Å²) in [6.07, 6.45) is 2.34. The lowest BCUT2D eigenvalue weighted by Gasteiger charge is -2.20. The van der Waals surface area contributed by atoms with Crippen LogP contribution in [0.2, 0.25) is 5.02 Å². The zero-order valence-corrected chi connectivity index (χ0v) is 16.6. The van der Waals surface area contributed by atoms with Gasteiger partial charge in [0.25, 0.3) is 0 Å². The molecule has 0 radical (unpaired) electrons. The van der Waals surface area contributed by atoms with E-state index in [0.717, 1.165) is 18.8 Å². The van der Waals surface area contributed by atoms with Gasteiger partial charge in [0.1, 0.15) is 0 Å². The number of benzene rings is 2. The minimum absolute atomic E-state index is 0.155. The number of urea groups is 1. The second-order valence-electron chi connectivity index (χ2n) is 6.33. The Balaban J connectivity index is 1.65. The summed E-state index contributed by atoms with van der Waals surface area (Å²) in [5.41, 5.74) is 2.81. The van der Waals surface area contributed by atoms with Gasteiger partial charge >= 0.3 is 6.03 Å². The summed E-state index contributed by atoms with van der Waals surface area (Å²) in [6, 6.07) is 11.9. The molecule has 0 unspecified atom stereocenters. The van der Waals surface area contributed by atoms with Crippen molar-refractivity contribution < 1.29 is 9.59 Å². The van der Waals surface area contributed by atoms with E-state index in [-0.39, 0.29) is 5.91 Å². The highest BCUT2D eigenvalue weighted by Gasteiger charge is 2.17. The van der Waals surface area contributed by atoms with E-state index in [1.54, 1.807) is 30.3 Å². The van der Waals surface area contributed by atoms with E-state index in [1.165, 1.54) is 24.1 Å². The number of carbonyl (C=O) groups is 2. The Morgan fingerprint density at radius 3 is 2.26 bits per heavy atom. The molecule has 0 spiro atoms. The van der Waals surface area contributed by atoms with Crippen LogP contribution in [0.4, 0.5) is 27.5 Å². The molecule has 3 amide bonds. The molecular weight excluding hydrogens is 384 g/mol. The van der Waals surface area contributed by atoms with Crippen molar-refractivity contribution in [3.05, 3.63) is 47.5 Å². The van der Waals surface area contributed by atoms with Gasteiger partial charge in [0.05, 0.1) is 16.4 Å². The molecule has 27 heavy (non-hydrogen) atoms. The number of halogens is 1. The van der Waals surface area contributed by atoms with E-state index in [2.05, 4.69) is 28.3 Å². The molecule has 0 saturated carbocycles. The number of anilines is 4. The summed E-state index contributed by atoms with van der Waals surface area (Å²) in [7, 11) is 0. The van der Waals surface area contributed by atoms with Crippen molar-refractivity contribution in [2.75, 3.05) is 32.9 Å². The molecule has 1 aliphatic rings. The fourth-order valence-electron chi connectivity index (χ4n) is 2.98. The SMILES string of the molecule is CC(=O)Nc1ccc(N(S)C(=O)Nc2ccc(N3CCCC3)c(Cl)c2)cc1. The van der Waals surface area contributed by atoms with E-state index >= 15 is 0 Å². The van der Waals surface area contributed by atoms with Gasteiger partial charge in [-0.1, -0.05) is 24.4 Å². The minimum Gasteiger partial charge on any atom is -0.370 e. The van der Waals surface area contributed by atoms with Gasteiger partial charge < -0.3 is 15.5 Å². The van der Waals surface area contributed by atoms with E-state index in [9.17, 15) is 9.59 Å². The highest BCUT2D eigenvalue weighted by atomic mass is 35.5. The first-order valence-corrected chi connectivity index (χ1v) is 9.44. The van der Waals surface area contributed by atoms with E-state index in [0.29, 0.717) is 22.1 Å². The van der Waals surface area contributed by atoms with E-state index in [4.69, 9.17) is 11.6 Å². The topological polar surface area (TPSA) is 64.7 Å². The van der Waals surface area contributed by atoms with Gasteiger partial charge in [-0.05, 0) is 55.3 Å². The summed E-state index contributed by atoms with van der Waals surface area (Å²) in [5.74, 6) is -0.155. The second kappa shape index (κ2) is 8.54. The van der Waals surface area contributed by atoms with Crippen molar-refractivity contribution in [3.8, 4) is 0 Å². The Hall–Kier alpha value is -2.38. The number of amides is 3. The summed E-state index contributed by atoms with van der Waals surface area (Å²) < 4.78 is 1.19. The average Bonchev–Trinajstić information content (AvgIpc) is 3.15. The molecule has 0 bridgehead atoms. The zero-order chi connectivity index (χ0) is 19.4. The molecule has 2 aromatic rings. The molecule has 1 fully saturated rings. The maximum absolute atomic E-state index is 12.4. The first-order valence-electron chi connectivity index (χ1n) is 8.66. The molecule has 8 heteroatoms. The number of carbonyl (C=O) groups excluding carboxylic acids is 2. The molecule has 2 N–H and O–H groups in total. The van der Waals surface area contributed by atoms with Crippen LogP contribution < -0.4 is 19.8 Å². The van der Waals surface area contributed by atoms with Gasteiger partial charge in [0.15, 0.2) is 0 Å². The van der Waals surface area contributed by atoms with Crippen molar-refractivity contribution >= 4 is 59.1 Å². The Labute approximate surface area is 169 Å². The lowest BCUT2D eigenvalue weighted by Crippen LogP contribution is -2.26. The van der Waals surface area contributed by atoms with Crippen LogP contribution in [-0.2, 0) is 4.79 Å². The van der Waals surface area contributed by atoms with Crippen LogP contribution in [0.5, 0.6) is 0 Å². The van der Waals surface area contributed by atoms with Crippen molar-refractivity contribution in [1.29, 1.82) is 0 Å². The van der Waals surface area contributed by atoms with Crippen LogP contribution in [0.25, 0.3) is 0 Å². The Kier molecular flexibility index (Phi) is 6.13. The lowest BCUT2D eigenvalue weighted by molar-refractivity contribution is -0.114. The largest absolute Gasteiger partial charge is 0.370 e. The predicted molar refractivity (Wildman–Crippen MR) is 114 cm³/mol. The summed E-state index contributed by atoms with van der Waals surface area (Å²) in [6.45, 7) is 3.45. The fourth-order valence-corrected chi connectivity index (χ4v) is 3.47. The van der Waals surface area contributed by atoms with Gasteiger partial charge in [-0.25, -0.2) is 9.10 Å². The van der Waals surface area contributed by atoms with Gasteiger partial charge in [-0.2, -0.15) is 0 Å². The molecule has 1 heterocycles. The molecule has 1 saturated heterocycles. The van der Waals surface area contributed by atoms with Gasteiger partial charge in [0.2, 0.25) is 5.91 Å². The van der Waals surface area contributed by atoms with Crippen LogP contribution in [-0.4, -0.2) is 25.0 Å². The average molecular weight is 405 g/mol. The fraction of sp³-hybridized carbons (Fsp3) is 0.263. The third kappa shape index (κ3) is 4.87. The highest BCUT2D eigenvalue weighted by molar-refractivity contribution is 7.82. The predicted octanol–water partition coefficient (Wildman–Crippen LogP) is 4.78.